The maximum Gasteiger partial charge on any atom is 0.130 e. The molecule has 0 spiro atoms. The molecule has 4 nitrogen and oxygen atoms in total. The van der Waals surface area contributed by atoms with Gasteiger partial charge >= 0.3 is 0 Å². The number of para-hydroxylation sites is 1. The molecule has 0 fully saturated rings. The maximum absolute atomic E-state index is 6.05. The summed E-state index contributed by atoms with van der Waals surface area (Å²) in [5.41, 5.74) is 3.32. The Balaban J connectivity index is 2.14. The van der Waals surface area contributed by atoms with Crippen LogP contribution in [0.4, 0.5) is 0 Å². The van der Waals surface area contributed by atoms with E-state index in [1.54, 1.807) is 0 Å². The smallest absolute Gasteiger partial charge is 0.130 e. The molecule has 0 aliphatic heterocycles. The molecule has 21 heavy (non-hydrogen) atoms. The third-order valence-corrected chi connectivity index (χ3v) is 3.63. The molecule has 1 unspecified atom stereocenters. The highest BCUT2D eigenvalue weighted by atomic mass is 16.5. The van der Waals surface area contributed by atoms with Crippen molar-refractivity contribution in [2.45, 2.75) is 39.8 Å². The summed E-state index contributed by atoms with van der Waals surface area (Å²) in [6.45, 7) is 7.81. The van der Waals surface area contributed by atoms with Crippen LogP contribution in [0.2, 0.25) is 0 Å². The first-order chi connectivity index (χ1) is 10.2. The molecule has 2 aromatic rings. The van der Waals surface area contributed by atoms with Crippen LogP contribution in [0.1, 0.15) is 43.3 Å². The van der Waals surface area contributed by atoms with Crippen LogP contribution in [0.3, 0.4) is 0 Å². The van der Waals surface area contributed by atoms with Gasteiger partial charge in [0, 0.05) is 18.7 Å². The predicted octanol–water partition coefficient (Wildman–Crippen LogP) is 3.37. The third kappa shape index (κ3) is 3.85. The van der Waals surface area contributed by atoms with E-state index in [0.717, 1.165) is 30.1 Å². The average molecular weight is 287 g/mol. The normalized spacial score (nSPS) is 12.4. The van der Waals surface area contributed by atoms with Crippen LogP contribution in [0.25, 0.3) is 0 Å². The molecule has 114 valence electrons. The molecule has 1 aromatic heterocycles. The number of nitrogens with one attached hydrogen (secondary N) is 1. The molecular formula is C17H25N3O. The van der Waals surface area contributed by atoms with Gasteiger partial charge in [0.25, 0.3) is 0 Å². The summed E-state index contributed by atoms with van der Waals surface area (Å²) in [5, 5.41) is 7.86. The fraction of sp³-hybridized carbons (Fsp3) is 0.471. The molecule has 1 aromatic carbocycles. The zero-order valence-corrected chi connectivity index (χ0v) is 13.4. The topological polar surface area (TPSA) is 39.1 Å². The molecular weight excluding hydrogens is 262 g/mol. The van der Waals surface area contributed by atoms with Crippen molar-refractivity contribution in [2.75, 3.05) is 6.54 Å². The Hall–Kier alpha value is -1.81. The second-order valence-electron chi connectivity index (χ2n) is 5.25. The van der Waals surface area contributed by atoms with E-state index in [-0.39, 0.29) is 0 Å². The first kappa shape index (κ1) is 15.6. The van der Waals surface area contributed by atoms with Gasteiger partial charge in [0.1, 0.15) is 12.4 Å². The number of rotatable bonds is 7. The number of hydrogen-bond donors (Lipinski definition) is 1. The molecule has 0 radical (unpaired) electrons. The summed E-state index contributed by atoms with van der Waals surface area (Å²) in [4.78, 5) is 0. The highest BCUT2D eigenvalue weighted by Gasteiger charge is 2.13. The summed E-state index contributed by atoms with van der Waals surface area (Å²) >= 11 is 0. The number of hydrogen-bond acceptors (Lipinski definition) is 3. The largest absolute Gasteiger partial charge is 0.487 e. The van der Waals surface area contributed by atoms with Gasteiger partial charge in [-0.15, -0.1) is 0 Å². The minimum absolute atomic E-state index is 0.333. The molecule has 1 heterocycles. The first-order valence-corrected chi connectivity index (χ1v) is 7.60. The molecule has 2 rings (SSSR count). The van der Waals surface area contributed by atoms with Crippen molar-refractivity contribution in [1.82, 2.24) is 15.1 Å². The van der Waals surface area contributed by atoms with Gasteiger partial charge < -0.3 is 10.1 Å². The Labute approximate surface area is 127 Å². The lowest BCUT2D eigenvalue weighted by molar-refractivity contribution is 0.288. The summed E-state index contributed by atoms with van der Waals surface area (Å²) in [7, 11) is 1.95. The van der Waals surface area contributed by atoms with Crippen molar-refractivity contribution >= 4 is 0 Å². The summed E-state index contributed by atoms with van der Waals surface area (Å²) < 4.78 is 7.92. The second-order valence-corrected chi connectivity index (χ2v) is 5.25. The van der Waals surface area contributed by atoms with Crippen molar-refractivity contribution < 1.29 is 4.74 Å². The van der Waals surface area contributed by atoms with Crippen LogP contribution in [-0.2, 0) is 13.7 Å². The molecule has 0 saturated heterocycles. The zero-order chi connectivity index (χ0) is 15.2. The molecule has 0 aliphatic carbocycles. The Bertz CT molecular complexity index is 577. The maximum atomic E-state index is 6.05. The number of aryl methyl sites for hydroxylation is 2. The molecule has 1 atom stereocenters. The number of benzene rings is 1. The third-order valence-electron chi connectivity index (χ3n) is 3.63. The second kappa shape index (κ2) is 7.27. The van der Waals surface area contributed by atoms with Crippen LogP contribution in [-0.4, -0.2) is 16.3 Å². The van der Waals surface area contributed by atoms with Crippen molar-refractivity contribution in [2.24, 2.45) is 7.05 Å². The first-order valence-electron chi connectivity index (χ1n) is 7.60. The lowest BCUT2D eigenvalue weighted by atomic mass is 10.0. The van der Waals surface area contributed by atoms with E-state index in [9.17, 15) is 0 Å². The van der Waals surface area contributed by atoms with Gasteiger partial charge in [0.05, 0.1) is 11.4 Å². The van der Waals surface area contributed by atoms with Gasteiger partial charge in [-0.1, -0.05) is 32.0 Å². The quantitative estimate of drug-likeness (QED) is 0.848. The SMILES string of the molecule is CCNC(CC)c1ccccc1OCc1cc(C)nn1C. The van der Waals surface area contributed by atoms with Gasteiger partial charge in [-0.05, 0) is 32.0 Å². The van der Waals surface area contributed by atoms with E-state index in [0.29, 0.717) is 12.6 Å². The van der Waals surface area contributed by atoms with E-state index in [1.807, 2.05) is 30.8 Å². The monoisotopic (exact) mass is 287 g/mol. The van der Waals surface area contributed by atoms with Crippen molar-refractivity contribution in [3.05, 3.63) is 47.3 Å². The number of ether oxygens (including phenoxy) is 1. The lowest BCUT2D eigenvalue weighted by Gasteiger charge is -2.20. The Morgan fingerprint density at radius 1 is 1.29 bits per heavy atom. The predicted molar refractivity (Wildman–Crippen MR) is 85.4 cm³/mol. The Morgan fingerprint density at radius 2 is 2.05 bits per heavy atom. The molecule has 4 heteroatoms. The van der Waals surface area contributed by atoms with Crippen molar-refractivity contribution in [3.63, 3.8) is 0 Å². The Kier molecular flexibility index (Phi) is 5.39. The van der Waals surface area contributed by atoms with Crippen LogP contribution in [0, 0.1) is 6.92 Å². The van der Waals surface area contributed by atoms with Gasteiger partial charge in [0.2, 0.25) is 0 Å². The van der Waals surface area contributed by atoms with Gasteiger partial charge in [-0.3, -0.25) is 4.68 Å². The summed E-state index contributed by atoms with van der Waals surface area (Å²) in [6, 6.07) is 10.7. The Morgan fingerprint density at radius 3 is 2.67 bits per heavy atom. The van der Waals surface area contributed by atoms with E-state index >= 15 is 0 Å². The highest BCUT2D eigenvalue weighted by molar-refractivity contribution is 5.36. The number of nitrogens with zero attached hydrogens (tertiary/aromatic N) is 2. The van der Waals surface area contributed by atoms with E-state index in [2.05, 4.69) is 42.5 Å². The fourth-order valence-corrected chi connectivity index (χ4v) is 2.57. The molecule has 0 saturated carbocycles. The van der Waals surface area contributed by atoms with E-state index < -0.39 is 0 Å². The van der Waals surface area contributed by atoms with Crippen LogP contribution in [0.15, 0.2) is 30.3 Å². The van der Waals surface area contributed by atoms with Crippen molar-refractivity contribution in [1.29, 1.82) is 0 Å². The van der Waals surface area contributed by atoms with Crippen LogP contribution in [0.5, 0.6) is 5.75 Å². The molecule has 0 amide bonds. The summed E-state index contributed by atoms with van der Waals surface area (Å²) in [6.07, 6.45) is 1.04. The van der Waals surface area contributed by atoms with E-state index in [1.165, 1.54) is 5.56 Å². The zero-order valence-electron chi connectivity index (χ0n) is 13.4. The van der Waals surface area contributed by atoms with Gasteiger partial charge in [-0.25, -0.2) is 0 Å². The minimum Gasteiger partial charge on any atom is -0.487 e. The average Bonchev–Trinajstić information content (AvgIpc) is 2.81. The molecule has 1 N–H and O–H groups in total. The molecule has 0 aliphatic rings. The standard InChI is InChI=1S/C17H25N3O/c1-5-16(18-6-2)15-9-7-8-10-17(15)21-12-14-11-13(3)19-20(14)4/h7-11,16,18H,5-6,12H2,1-4H3. The molecule has 0 bridgehead atoms. The van der Waals surface area contributed by atoms with Gasteiger partial charge in [0.15, 0.2) is 0 Å². The van der Waals surface area contributed by atoms with Gasteiger partial charge in [-0.2, -0.15) is 5.10 Å². The fourth-order valence-electron chi connectivity index (χ4n) is 2.57. The van der Waals surface area contributed by atoms with Crippen LogP contribution >= 0.6 is 0 Å². The highest BCUT2D eigenvalue weighted by Crippen LogP contribution is 2.27. The lowest BCUT2D eigenvalue weighted by Crippen LogP contribution is -2.20. The summed E-state index contributed by atoms with van der Waals surface area (Å²) in [5.74, 6) is 0.948. The van der Waals surface area contributed by atoms with Crippen molar-refractivity contribution in [3.8, 4) is 5.75 Å². The minimum atomic E-state index is 0.333. The van der Waals surface area contributed by atoms with E-state index in [4.69, 9.17) is 4.74 Å². The van der Waals surface area contributed by atoms with Crippen LogP contribution < -0.4 is 10.1 Å². The number of aromatic nitrogens is 2.